The van der Waals surface area contributed by atoms with E-state index >= 15 is 0 Å². The monoisotopic (exact) mass is 326 g/mol. The fourth-order valence-corrected chi connectivity index (χ4v) is 3.61. The third kappa shape index (κ3) is 2.47. The molecule has 110 valence electrons. The van der Waals surface area contributed by atoms with Crippen LogP contribution in [0.25, 0.3) is 0 Å². The van der Waals surface area contributed by atoms with Gasteiger partial charge in [-0.05, 0) is 24.6 Å². The van der Waals surface area contributed by atoms with Crippen LogP contribution < -0.4 is 10.0 Å². The van der Waals surface area contributed by atoms with E-state index in [1.54, 1.807) is 13.0 Å². The number of nitrogens with one attached hydrogen (secondary N) is 3. The van der Waals surface area contributed by atoms with Crippen molar-refractivity contribution in [2.24, 2.45) is 0 Å². The number of halogens is 1. The summed E-state index contributed by atoms with van der Waals surface area (Å²) in [4.78, 5) is 11.4. The third-order valence-corrected chi connectivity index (χ3v) is 4.93. The summed E-state index contributed by atoms with van der Waals surface area (Å²) in [5.41, 5.74) is 1.96. The molecule has 1 aromatic heterocycles. The fraction of sp³-hybridized carbons (Fsp3) is 0.167. The lowest BCUT2D eigenvalue weighted by Gasteiger charge is -2.10. The van der Waals surface area contributed by atoms with Gasteiger partial charge in [0, 0.05) is 5.69 Å². The molecule has 9 heteroatoms. The maximum Gasteiger partial charge on any atom is 0.265 e. The first-order chi connectivity index (χ1) is 9.87. The van der Waals surface area contributed by atoms with E-state index in [9.17, 15) is 13.2 Å². The maximum atomic E-state index is 12.3. The van der Waals surface area contributed by atoms with Crippen LogP contribution in [-0.4, -0.2) is 24.5 Å². The molecule has 21 heavy (non-hydrogen) atoms. The Bertz CT molecular complexity index is 844. The molecule has 0 saturated heterocycles. The first kappa shape index (κ1) is 13.9. The number of rotatable bonds is 3. The minimum absolute atomic E-state index is 0.0493. The highest BCUT2D eigenvalue weighted by Gasteiger charge is 2.23. The van der Waals surface area contributed by atoms with Crippen molar-refractivity contribution in [1.29, 1.82) is 0 Å². The Kier molecular flexibility index (Phi) is 3.14. The normalized spacial score (nSPS) is 13.9. The number of carbonyl (C=O) groups excluding carboxylic acids is 1. The number of aromatic amines is 1. The molecule has 3 N–H and O–H groups in total. The second-order valence-corrected chi connectivity index (χ2v) is 6.74. The fourth-order valence-electron chi connectivity index (χ4n) is 2.14. The van der Waals surface area contributed by atoms with Gasteiger partial charge < -0.3 is 5.32 Å². The Morgan fingerprint density at radius 1 is 1.38 bits per heavy atom. The quantitative estimate of drug-likeness (QED) is 0.798. The molecule has 3 rings (SSSR count). The molecule has 2 heterocycles. The van der Waals surface area contributed by atoms with Crippen LogP contribution in [-0.2, 0) is 21.2 Å². The molecule has 1 aromatic carbocycles. The third-order valence-electron chi connectivity index (χ3n) is 3.14. The van der Waals surface area contributed by atoms with Crippen molar-refractivity contribution in [3.05, 3.63) is 34.6 Å². The largest absolute Gasteiger partial charge is 0.325 e. The average molecular weight is 327 g/mol. The summed E-state index contributed by atoms with van der Waals surface area (Å²) in [6.07, 6.45) is 1.43. The Balaban J connectivity index is 1.98. The first-order valence-corrected chi connectivity index (χ1v) is 7.88. The van der Waals surface area contributed by atoms with Gasteiger partial charge in [-0.25, -0.2) is 8.42 Å². The molecular weight excluding hydrogens is 316 g/mol. The second kappa shape index (κ2) is 4.74. The number of amides is 1. The molecule has 0 aliphatic carbocycles. The number of carbonyl (C=O) groups is 1. The molecule has 0 fully saturated rings. The molecular formula is C12H11ClN4O3S. The second-order valence-electron chi connectivity index (χ2n) is 4.68. The van der Waals surface area contributed by atoms with Gasteiger partial charge in [0.05, 0.1) is 29.0 Å². The van der Waals surface area contributed by atoms with E-state index in [0.717, 1.165) is 0 Å². The Hall–Kier alpha value is -2.06. The Labute approximate surface area is 125 Å². The highest BCUT2D eigenvalue weighted by Crippen LogP contribution is 2.34. The maximum absolute atomic E-state index is 12.3. The zero-order chi connectivity index (χ0) is 15.2. The van der Waals surface area contributed by atoms with E-state index in [-0.39, 0.29) is 27.9 Å². The zero-order valence-electron chi connectivity index (χ0n) is 10.9. The van der Waals surface area contributed by atoms with Gasteiger partial charge in [-0.15, -0.1) is 0 Å². The van der Waals surface area contributed by atoms with Gasteiger partial charge >= 0.3 is 0 Å². The minimum Gasteiger partial charge on any atom is -0.325 e. The molecule has 0 spiro atoms. The Morgan fingerprint density at radius 3 is 2.81 bits per heavy atom. The topological polar surface area (TPSA) is 104 Å². The van der Waals surface area contributed by atoms with Crippen molar-refractivity contribution < 1.29 is 13.2 Å². The van der Waals surface area contributed by atoms with Crippen LogP contribution in [0, 0.1) is 6.92 Å². The lowest BCUT2D eigenvalue weighted by Crippen LogP contribution is -2.14. The summed E-state index contributed by atoms with van der Waals surface area (Å²) in [6.45, 7) is 1.61. The molecule has 0 bridgehead atoms. The van der Waals surface area contributed by atoms with Crippen molar-refractivity contribution in [2.45, 2.75) is 18.2 Å². The molecule has 0 radical (unpaired) electrons. The minimum atomic E-state index is -3.79. The molecule has 2 aromatic rings. The number of aromatic nitrogens is 2. The summed E-state index contributed by atoms with van der Waals surface area (Å²) in [5.74, 6) is -0.147. The van der Waals surface area contributed by atoms with Crippen LogP contribution in [0.4, 0.5) is 11.4 Å². The summed E-state index contributed by atoms with van der Waals surface area (Å²) >= 11 is 6.06. The summed E-state index contributed by atoms with van der Waals surface area (Å²) in [7, 11) is -3.79. The van der Waals surface area contributed by atoms with Gasteiger partial charge in [0.25, 0.3) is 10.0 Å². The van der Waals surface area contributed by atoms with Crippen LogP contribution in [0.15, 0.2) is 23.2 Å². The van der Waals surface area contributed by atoms with Gasteiger partial charge in [0.2, 0.25) is 5.91 Å². The van der Waals surface area contributed by atoms with E-state index in [1.807, 2.05) is 0 Å². The number of hydrogen-bond acceptors (Lipinski definition) is 4. The standard InChI is InChI=1S/C12H11ClN4O3S/c1-6-11(5-14-16-6)21(19,20)17-10-2-7-3-12(18)15-9(7)4-8(10)13/h2,4-5,17H,3H2,1H3,(H,14,16)(H,15,18). The van der Waals surface area contributed by atoms with Crippen LogP contribution >= 0.6 is 11.6 Å². The summed E-state index contributed by atoms with van der Waals surface area (Å²) in [5, 5.41) is 9.11. The molecule has 0 unspecified atom stereocenters. The number of H-pyrrole nitrogens is 1. The molecule has 1 amide bonds. The lowest BCUT2D eigenvalue weighted by atomic mass is 10.1. The number of anilines is 2. The number of aryl methyl sites for hydroxylation is 1. The van der Waals surface area contributed by atoms with Crippen LogP contribution in [0.1, 0.15) is 11.3 Å². The van der Waals surface area contributed by atoms with E-state index in [0.29, 0.717) is 16.9 Å². The lowest BCUT2D eigenvalue weighted by molar-refractivity contribution is -0.115. The highest BCUT2D eigenvalue weighted by atomic mass is 35.5. The first-order valence-electron chi connectivity index (χ1n) is 6.02. The average Bonchev–Trinajstić information content (AvgIpc) is 2.95. The van der Waals surface area contributed by atoms with E-state index in [2.05, 4.69) is 20.2 Å². The summed E-state index contributed by atoms with van der Waals surface area (Å²) in [6, 6.07) is 3.09. The Morgan fingerprint density at radius 2 is 2.14 bits per heavy atom. The molecule has 1 aliphatic rings. The van der Waals surface area contributed by atoms with Crippen LogP contribution in [0.2, 0.25) is 5.02 Å². The number of fused-ring (bicyclic) bond motifs is 1. The van der Waals surface area contributed by atoms with E-state index in [4.69, 9.17) is 11.6 Å². The smallest absolute Gasteiger partial charge is 0.265 e. The van der Waals surface area contributed by atoms with Crippen molar-refractivity contribution >= 4 is 38.9 Å². The number of sulfonamides is 1. The zero-order valence-corrected chi connectivity index (χ0v) is 12.5. The van der Waals surface area contributed by atoms with E-state index in [1.165, 1.54) is 12.3 Å². The molecule has 1 aliphatic heterocycles. The van der Waals surface area contributed by atoms with Gasteiger partial charge in [-0.1, -0.05) is 11.6 Å². The number of nitrogens with zero attached hydrogens (tertiary/aromatic N) is 1. The van der Waals surface area contributed by atoms with E-state index < -0.39 is 10.0 Å². The SMILES string of the molecule is Cc1[nH]ncc1S(=O)(=O)Nc1cc2c(cc1Cl)NC(=O)C2. The van der Waals surface area contributed by atoms with Gasteiger partial charge in [-0.2, -0.15) is 5.10 Å². The highest BCUT2D eigenvalue weighted by molar-refractivity contribution is 7.92. The number of hydrogen-bond donors (Lipinski definition) is 3. The molecule has 0 saturated carbocycles. The van der Waals surface area contributed by atoms with Gasteiger partial charge in [-0.3, -0.25) is 14.6 Å². The van der Waals surface area contributed by atoms with Crippen molar-refractivity contribution in [3.63, 3.8) is 0 Å². The summed E-state index contributed by atoms with van der Waals surface area (Å²) < 4.78 is 27.0. The predicted octanol–water partition coefficient (Wildman–Crippen LogP) is 1.67. The van der Waals surface area contributed by atoms with Gasteiger partial charge in [0.1, 0.15) is 4.90 Å². The van der Waals surface area contributed by atoms with Crippen LogP contribution in [0.5, 0.6) is 0 Å². The molecule has 7 nitrogen and oxygen atoms in total. The number of benzene rings is 1. The van der Waals surface area contributed by atoms with Crippen molar-refractivity contribution in [3.8, 4) is 0 Å². The molecule has 0 atom stereocenters. The van der Waals surface area contributed by atoms with Crippen molar-refractivity contribution in [2.75, 3.05) is 10.0 Å². The predicted molar refractivity (Wildman–Crippen MR) is 77.9 cm³/mol. The van der Waals surface area contributed by atoms with Crippen molar-refractivity contribution in [1.82, 2.24) is 10.2 Å². The van der Waals surface area contributed by atoms with Crippen LogP contribution in [0.3, 0.4) is 0 Å². The van der Waals surface area contributed by atoms with Gasteiger partial charge in [0.15, 0.2) is 0 Å².